The lowest BCUT2D eigenvalue weighted by atomic mass is 10.1. The van der Waals surface area contributed by atoms with Crippen LogP contribution in [0, 0.1) is 0 Å². The largest absolute Gasteiger partial charge is 0.372 e. The molecule has 0 spiro atoms. The molecule has 1 amide bonds. The topological polar surface area (TPSA) is 32.3 Å². The van der Waals surface area contributed by atoms with Crippen molar-refractivity contribution in [1.29, 1.82) is 0 Å². The molecule has 0 saturated carbocycles. The quantitative estimate of drug-likeness (QED) is 0.883. The summed E-state index contributed by atoms with van der Waals surface area (Å²) >= 11 is 5.85. The second-order valence-corrected chi connectivity index (χ2v) is 6.73. The monoisotopic (exact) mass is 342 g/mol. The Labute approximate surface area is 148 Å². The van der Waals surface area contributed by atoms with Gasteiger partial charge < -0.3 is 10.2 Å². The summed E-state index contributed by atoms with van der Waals surface area (Å²) in [4.78, 5) is 14.5. The van der Waals surface area contributed by atoms with Gasteiger partial charge in [-0.25, -0.2) is 0 Å². The molecule has 0 atom stereocenters. The van der Waals surface area contributed by atoms with Crippen molar-refractivity contribution in [2.24, 2.45) is 0 Å². The molecule has 3 nitrogen and oxygen atoms in total. The van der Waals surface area contributed by atoms with Gasteiger partial charge in [0, 0.05) is 30.3 Å². The van der Waals surface area contributed by atoms with E-state index in [1.807, 2.05) is 24.3 Å². The second-order valence-electron chi connectivity index (χ2n) is 6.29. The fourth-order valence-corrected chi connectivity index (χ4v) is 3.15. The zero-order valence-corrected chi connectivity index (χ0v) is 14.6. The number of amides is 1. The number of nitrogens with zero attached hydrogens (tertiary/aromatic N) is 1. The molecule has 0 unspecified atom stereocenters. The van der Waals surface area contributed by atoms with Gasteiger partial charge in [-0.05, 0) is 54.7 Å². The van der Waals surface area contributed by atoms with E-state index in [1.165, 1.54) is 24.9 Å². The maximum atomic E-state index is 12.0. The van der Waals surface area contributed by atoms with E-state index in [9.17, 15) is 4.79 Å². The average Bonchev–Trinajstić information content (AvgIpc) is 2.63. The first kappa shape index (κ1) is 16.8. The summed E-state index contributed by atoms with van der Waals surface area (Å²) in [6, 6.07) is 15.9. The van der Waals surface area contributed by atoms with Crippen molar-refractivity contribution >= 4 is 23.2 Å². The van der Waals surface area contributed by atoms with Crippen molar-refractivity contribution in [2.45, 2.75) is 32.2 Å². The van der Waals surface area contributed by atoms with Crippen LogP contribution in [0.5, 0.6) is 0 Å². The third-order valence-corrected chi connectivity index (χ3v) is 4.68. The minimum Gasteiger partial charge on any atom is -0.372 e. The third-order valence-electron chi connectivity index (χ3n) is 4.43. The molecular formula is C20H23ClN2O. The molecule has 4 heteroatoms. The number of hydrogen-bond donors (Lipinski definition) is 1. The van der Waals surface area contributed by atoms with Crippen LogP contribution in [0.2, 0.25) is 5.02 Å². The number of rotatable bonds is 5. The maximum absolute atomic E-state index is 12.0. The van der Waals surface area contributed by atoms with Crippen LogP contribution in [-0.4, -0.2) is 19.0 Å². The predicted molar refractivity (Wildman–Crippen MR) is 99.5 cm³/mol. The molecule has 24 heavy (non-hydrogen) atoms. The average molecular weight is 343 g/mol. The number of carbonyl (C=O) groups is 1. The lowest BCUT2D eigenvalue weighted by Crippen LogP contribution is -2.29. The Bertz CT molecular complexity index is 661. The molecule has 0 bridgehead atoms. The highest BCUT2D eigenvalue weighted by Gasteiger charge is 2.10. The van der Waals surface area contributed by atoms with Gasteiger partial charge in [0.2, 0.25) is 5.91 Å². The molecule has 126 valence electrons. The molecule has 3 rings (SSSR count). The van der Waals surface area contributed by atoms with E-state index in [-0.39, 0.29) is 5.91 Å². The summed E-state index contributed by atoms with van der Waals surface area (Å²) in [6.07, 6.45) is 4.28. The zero-order valence-electron chi connectivity index (χ0n) is 13.8. The standard InChI is InChI=1S/C20H23ClN2O/c21-18-8-4-16(5-9-18)14-20(24)22-15-17-6-10-19(11-7-17)23-12-2-1-3-13-23/h4-11H,1-3,12-15H2,(H,22,24). The van der Waals surface area contributed by atoms with Crippen LogP contribution in [0.4, 0.5) is 5.69 Å². The number of benzene rings is 2. The highest BCUT2D eigenvalue weighted by molar-refractivity contribution is 6.30. The minimum atomic E-state index is 0.0254. The van der Waals surface area contributed by atoms with Gasteiger partial charge in [-0.3, -0.25) is 4.79 Å². The molecule has 1 N–H and O–H groups in total. The highest BCUT2D eigenvalue weighted by atomic mass is 35.5. The van der Waals surface area contributed by atoms with Crippen molar-refractivity contribution in [3.63, 3.8) is 0 Å². The van der Waals surface area contributed by atoms with E-state index in [0.717, 1.165) is 24.2 Å². The fourth-order valence-electron chi connectivity index (χ4n) is 3.03. The number of nitrogens with one attached hydrogen (secondary N) is 1. The number of piperidine rings is 1. The first-order chi connectivity index (χ1) is 11.7. The van der Waals surface area contributed by atoms with Crippen molar-refractivity contribution in [1.82, 2.24) is 5.32 Å². The Balaban J connectivity index is 1.49. The van der Waals surface area contributed by atoms with Gasteiger partial charge in [0.25, 0.3) is 0 Å². The van der Waals surface area contributed by atoms with E-state index >= 15 is 0 Å². The summed E-state index contributed by atoms with van der Waals surface area (Å²) in [5.74, 6) is 0.0254. The summed E-state index contributed by atoms with van der Waals surface area (Å²) in [5.41, 5.74) is 3.38. The van der Waals surface area contributed by atoms with Crippen LogP contribution in [0.15, 0.2) is 48.5 Å². The van der Waals surface area contributed by atoms with Gasteiger partial charge >= 0.3 is 0 Å². The first-order valence-corrected chi connectivity index (χ1v) is 8.93. The van der Waals surface area contributed by atoms with Crippen LogP contribution >= 0.6 is 11.6 Å². The predicted octanol–water partition coefficient (Wildman–Crippen LogP) is 4.19. The maximum Gasteiger partial charge on any atom is 0.224 e. The van der Waals surface area contributed by atoms with Crippen LogP contribution in [0.3, 0.4) is 0 Å². The number of carbonyl (C=O) groups excluding carboxylic acids is 1. The molecule has 1 aliphatic heterocycles. The Morgan fingerprint density at radius 2 is 1.54 bits per heavy atom. The molecule has 1 saturated heterocycles. The lowest BCUT2D eigenvalue weighted by molar-refractivity contribution is -0.120. The SMILES string of the molecule is O=C(Cc1ccc(Cl)cc1)NCc1ccc(N2CCCCC2)cc1. The molecule has 0 aromatic heterocycles. The minimum absolute atomic E-state index is 0.0254. The second kappa shape index (κ2) is 8.20. The number of hydrogen-bond acceptors (Lipinski definition) is 2. The van der Waals surface area contributed by atoms with Crippen molar-refractivity contribution < 1.29 is 4.79 Å². The Kier molecular flexibility index (Phi) is 5.76. The molecule has 1 fully saturated rings. The van der Waals surface area contributed by atoms with Gasteiger partial charge in [0.15, 0.2) is 0 Å². The van der Waals surface area contributed by atoms with E-state index in [1.54, 1.807) is 0 Å². The van der Waals surface area contributed by atoms with Crippen molar-refractivity contribution in [2.75, 3.05) is 18.0 Å². The molecule has 2 aromatic carbocycles. The summed E-state index contributed by atoms with van der Waals surface area (Å²) in [7, 11) is 0. The molecule has 1 aliphatic rings. The van der Waals surface area contributed by atoms with E-state index in [4.69, 9.17) is 11.6 Å². The molecule has 0 radical (unpaired) electrons. The Morgan fingerprint density at radius 3 is 2.21 bits per heavy atom. The van der Waals surface area contributed by atoms with Crippen LogP contribution < -0.4 is 10.2 Å². The van der Waals surface area contributed by atoms with Crippen molar-refractivity contribution in [3.05, 3.63) is 64.7 Å². The molecular weight excluding hydrogens is 320 g/mol. The van der Waals surface area contributed by atoms with Crippen molar-refractivity contribution in [3.8, 4) is 0 Å². The normalized spacial score (nSPS) is 14.5. The number of halogens is 1. The highest BCUT2D eigenvalue weighted by Crippen LogP contribution is 2.20. The summed E-state index contributed by atoms with van der Waals surface area (Å²) in [5, 5.41) is 3.66. The zero-order chi connectivity index (χ0) is 16.8. The van der Waals surface area contributed by atoms with Gasteiger partial charge in [-0.1, -0.05) is 35.9 Å². The van der Waals surface area contributed by atoms with Gasteiger partial charge in [0.05, 0.1) is 6.42 Å². The molecule has 0 aliphatic carbocycles. The third kappa shape index (κ3) is 4.75. The van der Waals surface area contributed by atoms with Crippen LogP contribution in [0.25, 0.3) is 0 Å². The van der Waals surface area contributed by atoms with Crippen LogP contribution in [-0.2, 0) is 17.8 Å². The first-order valence-electron chi connectivity index (χ1n) is 8.56. The smallest absolute Gasteiger partial charge is 0.224 e. The van der Waals surface area contributed by atoms with E-state index < -0.39 is 0 Å². The molecule has 2 aromatic rings. The van der Waals surface area contributed by atoms with Gasteiger partial charge in [-0.2, -0.15) is 0 Å². The fraction of sp³-hybridized carbons (Fsp3) is 0.350. The van der Waals surface area contributed by atoms with Gasteiger partial charge in [-0.15, -0.1) is 0 Å². The number of anilines is 1. The van der Waals surface area contributed by atoms with Gasteiger partial charge in [0.1, 0.15) is 0 Å². The van der Waals surface area contributed by atoms with E-state index in [2.05, 4.69) is 34.5 Å². The molecule has 1 heterocycles. The lowest BCUT2D eigenvalue weighted by Gasteiger charge is -2.28. The van der Waals surface area contributed by atoms with Crippen LogP contribution in [0.1, 0.15) is 30.4 Å². The summed E-state index contributed by atoms with van der Waals surface area (Å²) < 4.78 is 0. The Hall–Kier alpha value is -2.00. The van der Waals surface area contributed by atoms with E-state index in [0.29, 0.717) is 18.0 Å². The summed E-state index contributed by atoms with van der Waals surface area (Å²) in [6.45, 7) is 2.86. The Morgan fingerprint density at radius 1 is 0.917 bits per heavy atom.